The van der Waals surface area contributed by atoms with E-state index in [2.05, 4.69) is 30.9 Å². The van der Waals surface area contributed by atoms with E-state index in [-0.39, 0.29) is 11.4 Å². The fraction of sp³-hybridized carbons (Fsp3) is 0.789. The molecule has 1 aliphatic heterocycles. The maximum Gasteiger partial charge on any atom is 0.407 e. The summed E-state index contributed by atoms with van der Waals surface area (Å²) in [6.45, 7) is 9.43. The van der Waals surface area contributed by atoms with Crippen LogP contribution in [-0.2, 0) is 18.9 Å². The molecule has 1 aliphatic rings. The number of carbonyl (C=O) groups is 1. The van der Waals surface area contributed by atoms with Crippen molar-refractivity contribution in [1.82, 2.24) is 20.3 Å². The van der Waals surface area contributed by atoms with E-state index < -0.39 is 11.7 Å². The van der Waals surface area contributed by atoms with Crippen molar-refractivity contribution in [3.63, 3.8) is 0 Å². The number of aromatic nitrogens is 3. The van der Waals surface area contributed by atoms with Gasteiger partial charge in [0.25, 0.3) is 0 Å². The molecule has 31 heavy (non-hydrogen) atoms. The van der Waals surface area contributed by atoms with Gasteiger partial charge in [-0.2, -0.15) is 15.0 Å². The number of nitrogens with zero attached hydrogens (tertiary/aromatic N) is 3. The third-order valence-corrected chi connectivity index (χ3v) is 4.11. The molecule has 0 aromatic carbocycles. The van der Waals surface area contributed by atoms with E-state index in [1.807, 2.05) is 20.8 Å². The average molecular weight is 461 g/mol. The quantitative estimate of drug-likeness (QED) is 0.376. The highest BCUT2D eigenvalue weighted by Crippen LogP contribution is 2.14. The summed E-state index contributed by atoms with van der Waals surface area (Å²) in [7, 11) is 0. The topological polar surface area (TPSA) is 129 Å². The third kappa shape index (κ3) is 11.9. The Kier molecular flexibility index (Phi) is 11.0. The molecule has 2 rings (SSSR count). The maximum atomic E-state index is 11.5. The summed E-state index contributed by atoms with van der Waals surface area (Å²) in [5.74, 6) is 0.787. The number of halogens is 1. The first-order valence-electron chi connectivity index (χ1n) is 10.4. The van der Waals surface area contributed by atoms with E-state index >= 15 is 0 Å². The molecule has 0 spiro atoms. The Morgan fingerprint density at radius 1 is 1.06 bits per heavy atom. The fourth-order valence-electron chi connectivity index (χ4n) is 2.62. The zero-order chi connectivity index (χ0) is 22.5. The molecule has 1 aromatic heterocycles. The number of hydrogen-bond acceptors (Lipinski definition) is 10. The molecular formula is C19H33ClN6O5. The number of carbonyl (C=O) groups excluding carboxylic acids is 1. The van der Waals surface area contributed by atoms with Crippen molar-refractivity contribution in [2.75, 3.05) is 63.3 Å². The second-order valence-electron chi connectivity index (χ2n) is 7.85. The van der Waals surface area contributed by atoms with Gasteiger partial charge in [-0.1, -0.05) is 0 Å². The maximum absolute atomic E-state index is 11.5. The van der Waals surface area contributed by atoms with Crippen LogP contribution < -0.4 is 16.0 Å². The van der Waals surface area contributed by atoms with Crippen LogP contribution in [0.15, 0.2) is 0 Å². The molecule has 1 amide bonds. The van der Waals surface area contributed by atoms with Gasteiger partial charge in [0.15, 0.2) is 0 Å². The molecular weight excluding hydrogens is 428 g/mol. The summed E-state index contributed by atoms with van der Waals surface area (Å²) in [6, 6.07) is 0. The van der Waals surface area contributed by atoms with Gasteiger partial charge in [0, 0.05) is 26.2 Å². The first-order valence-corrected chi connectivity index (χ1v) is 10.8. The minimum Gasteiger partial charge on any atom is -0.444 e. The summed E-state index contributed by atoms with van der Waals surface area (Å²) in [5.41, 5.74) is -0.512. The van der Waals surface area contributed by atoms with E-state index in [4.69, 9.17) is 30.5 Å². The molecule has 12 heteroatoms. The molecule has 3 N–H and O–H groups in total. The standard InChI is InChI=1S/C19H33ClN6O5/c1-19(2,3)31-18(27)22-7-10-29-12-11-28-9-6-21-16-24-15(20)25-17(26-16)23-13-14-5-4-8-30-14/h14H,4-13H2,1-3H3,(H,22,27)(H2,21,23,24,25,26). The Morgan fingerprint density at radius 3 is 2.39 bits per heavy atom. The molecule has 0 radical (unpaired) electrons. The Morgan fingerprint density at radius 2 is 1.74 bits per heavy atom. The SMILES string of the molecule is CC(C)(C)OC(=O)NCCOCCOCCNc1nc(Cl)nc(NCC2CCCO2)n1. The van der Waals surface area contributed by atoms with Gasteiger partial charge in [-0.25, -0.2) is 4.79 Å². The van der Waals surface area contributed by atoms with Gasteiger partial charge in [0.05, 0.1) is 32.5 Å². The van der Waals surface area contributed by atoms with Crippen molar-refractivity contribution in [1.29, 1.82) is 0 Å². The highest BCUT2D eigenvalue weighted by molar-refractivity contribution is 6.28. The van der Waals surface area contributed by atoms with Gasteiger partial charge >= 0.3 is 6.09 Å². The Balaban J connectivity index is 1.49. The average Bonchev–Trinajstić information content (AvgIpc) is 3.20. The van der Waals surface area contributed by atoms with Gasteiger partial charge in [-0.3, -0.25) is 0 Å². The van der Waals surface area contributed by atoms with Gasteiger partial charge in [-0.05, 0) is 45.2 Å². The van der Waals surface area contributed by atoms with Crippen LogP contribution in [0, 0.1) is 0 Å². The highest BCUT2D eigenvalue weighted by Gasteiger charge is 2.16. The molecule has 0 bridgehead atoms. The minimum absolute atomic E-state index is 0.113. The van der Waals surface area contributed by atoms with Gasteiger partial charge in [-0.15, -0.1) is 0 Å². The lowest BCUT2D eigenvalue weighted by Crippen LogP contribution is -2.34. The summed E-state index contributed by atoms with van der Waals surface area (Å²) in [5, 5.41) is 8.91. The fourth-order valence-corrected chi connectivity index (χ4v) is 2.78. The minimum atomic E-state index is -0.512. The van der Waals surface area contributed by atoms with E-state index in [0.717, 1.165) is 19.4 Å². The van der Waals surface area contributed by atoms with E-state index in [0.29, 0.717) is 58.0 Å². The second kappa shape index (κ2) is 13.5. The zero-order valence-corrected chi connectivity index (χ0v) is 19.2. The van der Waals surface area contributed by atoms with Crippen molar-refractivity contribution in [3.8, 4) is 0 Å². The van der Waals surface area contributed by atoms with Crippen LogP contribution in [0.25, 0.3) is 0 Å². The molecule has 1 unspecified atom stereocenters. The van der Waals surface area contributed by atoms with Gasteiger partial charge in [0.1, 0.15) is 5.60 Å². The molecule has 0 saturated carbocycles. The largest absolute Gasteiger partial charge is 0.444 e. The Labute approximate surface area is 187 Å². The predicted molar refractivity (Wildman–Crippen MR) is 117 cm³/mol. The lowest BCUT2D eigenvalue weighted by atomic mass is 10.2. The van der Waals surface area contributed by atoms with Gasteiger partial charge in [0.2, 0.25) is 17.2 Å². The van der Waals surface area contributed by atoms with Crippen LogP contribution in [0.2, 0.25) is 5.28 Å². The van der Waals surface area contributed by atoms with Crippen molar-refractivity contribution in [2.45, 2.75) is 45.3 Å². The van der Waals surface area contributed by atoms with Crippen LogP contribution in [0.5, 0.6) is 0 Å². The normalized spacial score (nSPS) is 16.2. The number of ether oxygens (including phenoxy) is 4. The molecule has 2 heterocycles. The number of nitrogens with one attached hydrogen (secondary N) is 3. The van der Waals surface area contributed by atoms with Crippen molar-refractivity contribution in [3.05, 3.63) is 5.28 Å². The highest BCUT2D eigenvalue weighted by atomic mass is 35.5. The molecule has 0 aliphatic carbocycles. The van der Waals surface area contributed by atoms with Crippen molar-refractivity contribution < 1.29 is 23.7 Å². The number of anilines is 2. The lowest BCUT2D eigenvalue weighted by Gasteiger charge is -2.19. The first kappa shape index (κ1) is 25.3. The number of rotatable bonds is 13. The lowest BCUT2D eigenvalue weighted by molar-refractivity contribution is 0.0415. The van der Waals surface area contributed by atoms with E-state index in [9.17, 15) is 4.79 Å². The summed E-state index contributed by atoms with van der Waals surface area (Å²) in [4.78, 5) is 23.9. The smallest absolute Gasteiger partial charge is 0.407 e. The van der Waals surface area contributed by atoms with E-state index in [1.165, 1.54) is 0 Å². The van der Waals surface area contributed by atoms with Crippen LogP contribution in [0.4, 0.5) is 16.7 Å². The summed E-state index contributed by atoms with van der Waals surface area (Å²) >= 11 is 5.96. The molecule has 176 valence electrons. The predicted octanol–water partition coefficient (Wildman–Crippen LogP) is 2.09. The molecule has 1 atom stereocenters. The van der Waals surface area contributed by atoms with Crippen LogP contribution in [-0.4, -0.2) is 85.4 Å². The van der Waals surface area contributed by atoms with Crippen LogP contribution >= 0.6 is 11.6 Å². The Hall–Kier alpha value is -1.95. The number of amides is 1. The van der Waals surface area contributed by atoms with Crippen molar-refractivity contribution >= 4 is 29.6 Å². The Bertz CT molecular complexity index is 670. The monoisotopic (exact) mass is 460 g/mol. The first-order chi connectivity index (χ1) is 14.8. The summed E-state index contributed by atoms with van der Waals surface area (Å²) < 4.78 is 21.6. The molecule has 1 saturated heterocycles. The second-order valence-corrected chi connectivity index (χ2v) is 8.19. The van der Waals surface area contributed by atoms with Gasteiger partial charge < -0.3 is 34.9 Å². The van der Waals surface area contributed by atoms with Crippen molar-refractivity contribution in [2.24, 2.45) is 0 Å². The number of alkyl carbamates (subject to hydrolysis) is 1. The third-order valence-electron chi connectivity index (χ3n) is 3.94. The van der Waals surface area contributed by atoms with Crippen LogP contribution in [0.3, 0.4) is 0 Å². The molecule has 1 fully saturated rings. The molecule has 11 nitrogen and oxygen atoms in total. The number of hydrogen-bond donors (Lipinski definition) is 3. The van der Waals surface area contributed by atoms with Crippen LogP contribution in [0.1, 0.15) is 33.6 Å². The summed E-state index contributed by atoms with van der Waals surface area (Å²) in [6.07, 6.45) is 1.82. The zero-order valence-electron chi connectivity index (χ0n) is 18.4. The van der Waals surface area contributed by atoms with E-state index in [1.54, 1.807) is 0 Å². The molecule has 1 aromatic rings.